The lowest BCUT2D eigenvalue weighted by atomic mass is 10.2. The van der Waals surface area contributed by atoms with Gasteiger partial charge in [-0.25, -0.2) is 0 Å². The van der Waals surface area contributed by atoms with Gasteiger partial charge in [-0.05, 0) is 13.3 Å². The van der Waals surface area contributed by atoms with E-state index in [1.807, 2.05) is 0 Å². The van der Waals surface area contributed by atoms with Crippen LogP contribution in [0.2, 0.25) is 0 Å². The summed E-state index contributed by atoms with van der Waals surface area (Å²) >= 11 is 0. The second kappa shape index (κ2) is 4.55. The molecule has 0 radical (unpaired) electrons. The second-order valence-electron chi connectivity index (χ2n) is 2.40. The molecule has 2 N–H and O–H groups in total. The van der Waals surface area contributed by atoms with Crippen molar-refractivity contribution in [2.75, 3.05) is 0 Å². The van der Waals surface area contributed by atoms with Gasteiger partial charge in [0.2, 0.25) is 0 Å². The quantitative estimate of drug-likeness (QED) is 0.632. The number of carbonyl (C=O) groups is 1. The molecule has 0 aromatic carbocycles. The molecule has 0 atom stereocenters. The Morgan fingerprint density at radius 2 is 2.00 bits per heavy atom. The van der Waals surface area contributed by atoms with Crippen molar-refractivity contribution in [3.05, 3.63) is 24.6 Å². The molecule has 0 rings (SSSR count). The summed E-state index contributed by atoms with van der Waals surface area (Å²) < 4.78 is 0. The maximum Gasteiger partial charge on any atom is 0.303 e. The van der Waals surface area contributed by atoms with Crippen LogP contribution in [0.15, 0.2) is 24.6 Å². The van der Waals surface area contributed by atoms with E-state index >= 15 is 0 Å². The van der Waals surface area contributed by atoms with E-state index in [9.17, 15) is 4.79 Å². The molecule has 0 saturated carbocycles. The Balaban J connectivity index is 3.53. The Labute approximate surface area is 66.4 Å². The Bertz CT molecular complexity index is 185. The maximum absolute atomic E-state index is 10.1. The molecule has 0 amide bonds. The minimum Gasteiger partial charge on any atom is -0.481 e. The molecule has 0 aliphatic carbocycles. The van der Waals surface area contributed by atoms with E-state index in [2.05, 4.69) is 18.5 Å². The molecule has 3 nitrogen and oxygen atoms in total. The molecule has 0 unspecified atom stereocenters. The Morgan fingerprint density at radius 3 is 2.36 bits per heavy atom. The number of hydrogen-bond acceptors (Lipinski definition) is 2. The fourth-order valence-corrected chi connectivity index (χ4v) is 0.622. The van der Waals surface area contributed by atoms with Crippen molar-refractivity contribution in [3.8, 4) is 0 Å². The summed E-state index contributed by atoms with van der Waals surface area (Å²) in [5, 5.41) is 11.2. The first-order chi connectivity index (χ1) is 5.02. The zero-order valence-electron chi connectivity index (χ0n) is 6.68. The molecule has 0 aliphatic rings. The van der Waals surface area contributed by atoms with E-state index in [1.165, 1.54) is 0 Å². The van der Waals surface area contributed by atoms with Crippen molar-refractivity contribution >= 4 is 5.97 Å². The average Bonchev–Trinajstić information content (AvgIpc) is 1.82. The summed E-state index contributed by atoms with van der Waals surface area (Å²) in [6.45, 7) is 9.03. The van der Waals surface area contributed by atoms with Gasteiger partial charge in [0, 0.05) is 11.4 Å². The van der Waals surface area contributed by atoms with Crippen LogP contribution in [-0.4, -0.2) is 11.1 Å². The molecule has 62 valence electrons. The maximum atomic E-state index is 10.1. The SMILES string of the molecule is C=C(C)NC(=C)CCC(=O)O. The van der Waals surface area contributed by atoms with Crippen molar-refractivity contribution < 1.29 is 9.90 Å². The van der Waals surface area contributed by atoms with Crippen molar-refractivity contribution in [2.24, 2.45) is 0 Å². The smallest absolute Gasteiger partial charge is 0.303 e. The van der Waals surface area contributed by atoms with E-state index in [0.29, 0.717) is 12.1 Å². The van der Waals surface area contributed by atoms with Crippen molar-refractivity contribution in [2.45, 2.75) is 19.8 Å². The normalized spacial score (nSPS) is 8.82. The van der Waals surface area contributed by atoms with E-state index in [4.69, 9.17) is 5.11 Å². The summed E-state index contributed by atoms with van der Waals surface area (Å²) in [4.78, 5) is 10.1. The highest BCUT2D eigenvalue weighted by Gasteiger charge is 1.98. The van der Waals surface area contributed by atoms with E-state index in [0.717, 1.165) is 5.70 Å². The lowest BCUT2D eigenvalue weighted by Crippen LogP contribution is -2.09. The highest BCUT2D eigenvalue weighted by atomic mass is 16.4. The largest absolute Gasteiger partial charge is 0.481 e. The zero-order chi connectivity index (χ0) is 8.85. The molecular weight excluding hydrogens is 142 g/mol. The van der Waals surface area contributed by atoms with Gasteiger partial charge >= 0.3 is 5.97 Å². The van der Waals surface area contributed by atoms with Gasteiger partial charge in [0.15, 0.2) is 0 Å². The predicted molar refractivity (Wildman–Crippen MR) is 44.0 cm³/mol. The minimum absolute atomic E-state index is 0.110. The third-order valence-corrected chi connectivity index (χ3v) is 1.03. The van der Waals surface area contributed by atoms with Crippen LogP contribution in [0.25, 0.3) is 0 Å². The van der Waals surface area contributed by atoms with Crippen LogP contribution in [0, 0.1) is 0 Å². The number of allylic oxidation sites excluding steroid dienone is 2. The van der Waals surface area contributed by atoms with Gasteiger partial charge in [0.05, 0.1) is 6.42 Å². The molecule has 0 bridgehead atoms. The first-order valence-corrected chi connectivity index (χ1v) is 3.34. The predicted octanol–water partition coefficient (Wildman–Crippen LogP) is 1.49. The summed E-state index contributed by atoms with van der Waals surface area (Å²) in [7, 11) is 0. The molecule has 0 spiro atoms. The molecule has 0 aromatic rings. The van der Waals surface area contributed by atoms with Gasteiger partial charge in [0.1, 0.15) is 0 Å². The monoisotopic (exact) mass is 155 g/mol. The second-order valence-corrected chi connectivity index (χ2v) is 2.40. The molecule has 0 aliphatic heterocycles. The van der Waals surface area contributed by atoms with Crippen LogP contribution < -0.4 is 5.32 Å². The van der Waals surface area contributed by atoms with Crippen LogP contribution in [0.1, 0.15) is 19.8 Å². The minimum atomic E-state index is -0.810. The molecule has 0 aromatic heterocycles. The molecule has 11 heavy (non-hydrogen) atoms. The highest BCUT2D eigenvalue weighted by Crippen LogP contribution is 1.99. The van der Waals surface area contributed by atoms with Gasteiger partial charge in [0.25, 0.3) is 0 Å². The molecular formula is C8H13NO2. The van der Waals surface area contributed by atoms with Gasteiger partial charge in [-0.1, -0.05) is 13.2 Å². The lowest BCUT2D eigenvalue weighted by Gasteiger charge is -2.06. The fourth-order valence-electron chi connectivity index (χ4n) is 0.622. The van der Waals surface area contributed by atoms with Crippen LogP contribution in [0.3, 0.4) is 0 Å². The number of rotatable bonds is 5. The van der Waals surface area contributed by atoms with E-state index in [1.54, 1.807) is 6.92 Å². The van der Waals surface area contributed by atoms with Crippen molar-refractivity contribution in [3.63, 3.8) is 0 Å². The molecule has 0 heterocycles. The molecule has 0 fully saturated rings. The number of carboxylic acids is 1. The van der Waals surface area contributed by atoms with Crippen LogP contribution in [-0.2, 0) is 4.79 Å². The topological polar surface area (TPSA) is 49.3 Å². The van der Waals surface area contributed by atoms with Crippen LogP contribution in [0.4, 0.5) is 0 Å². The number of aliphatic carboxylic acids is 1. The van der Waals surface area contributed by atoms with E-state index < -0.39 is 5.97 Å². The standard InChI is InChI=1S/C8H13NO2/c1-6(2)9-7(3)4-5-8(10)11/h9H,1,3-5H2,2H3,(H,10,11). The van der Waals surface area contributed by atoms with Crippen LogP contribution in [0.5, 0.6) is 0 Å². The first-order valence-electron chi connectivity index (χ1n) is 3.34. The molecule has 0 saturated heterocycles. The third-order valence-electron chi connectivity index (χ3n) is 1.03. The summed E-state index contributed by atoms with van der Waals surface area (Å²) in [6.07, 6.45) is 0.557. The summed E-state index contributed by atoms with van der Waals surface area (Å²) in [5.74, 6) is -0.810. The fraction of sp³-hybridized carbons (Fsp3) is 0.375. The van der Waals surface area contributed by atoms with Crippen molar-refractivity contribution in [1.82, 2.24) is 5.32 Å². The van der Waals surface area contributed by atoms with Crippen molar-refractivity contribution in [1.29, 1.82) is 0 Å². The number of hydrogen-bond donors (Lipinski definition) is 2. The Hall–Kier alpha value is -1.25. The lowest BCUT2D eigenvalue weighted by molar-refractivity contribution is -0.136. The third kappa shape index (κ3) is 6.64. The summed E-state index contributed by atoms with van der Waals surface area (Å²) in [6, 6.07) is 0. The Kier molecular flexibility index (Phi) is 4.03. The van der Waals surface area contributed by atoms with Crippen LogP contribution >= 0.6 is 0 Å². The zero-order valence-corrected chi connectivity index (χ0v) is 6.68. The number of carboxylic acid groups (broad SMARTS) is 1. The first kappa shape index (κ1) is 9.75. The average molecular weight is 155 g/mol. The number of nitrogens with one attached hydrogen (secondary N) is 1. The van der Waals surface area contributed by atoms with Gasteiger partial charge < -0.3 is 10.4 Å². The Morgan fingerprint density at radius 1 is 1.45 bits per heavy atom. The highest BCUT2D eigenvalue weighted by molar-refractivity contribution is 5.66. The summed E-state index contributed by atoms with van der Waals surface area (Å²) in [5.41, 5.74) is 1.47. The van der Waals surface area contributed by atoms with Gasteiger partial charge in [-0.2, -0.15) is 0 Å². The van der Waals surface area contributed by atoms with E-state index in [-0.39, 0.29) is 6.42 Å². The molecule has 3 heteroatoms. The van der Waals surface area contributed by atoms with Gasteiger partial charge in [-0.15, -0.1) is 0 Å². The van der Waals surface area contributed by atoms with Gasteiger partial charge in [-0.3, -0.25) is 4.79 Å².